The number of hydrogen-bond donors (Lipinski definition) is 2. The van der Waals surface area contributed by atoms with Gasteiger partial charge in [0.15, 0.2) is 0 Å². The number of hydrogen-bond acceptors (Lipinski definition) is 2. The zero-order valence-electron chi connectivity index (χ0n) is 13.4. The molecule has 0 aliphatic heterocycles. The first kappa shape index (κ1) is 14.7. The molecule has 4 heteroatoms. The van der Waals surface area contributed by atoms with E-state index in [0.29, 0.717) is 5.56 Å². The van der Waals surface area contributed by atoms with Gasteiger partial charge in [-0.25, -0.2) is 5.43 Å². The number of aromatic amines is 1. The van der Waals surface area contributed by atoms with Gasteiger partial charge in [0.1, 0.15) is 0 Å². The summed E-state index contributed by atoms with van der Waals surface area (Å²) in [6.07, 6.45) is 6.24. The second-order valence-corrected chi connectivity index (χ2v) is 6.13. The standard InChI is InChI=1S/C20H19N3O/c24-20(23-21-13-14-7-2-1-3-8-14)17-11-6-10-16-15-9-4-5-12-18(15)22-19(16)17/h1-3,6-8,10-11,13,22H,4-5,9,12H2,(H,23,24). The minimum absolute atomic E-state index is 0.189. The molecule has 3 aromatic rings. The number of carbonyl (C=O) groups is 1. The van der Waals surface area contributed by atoms with Gasteiger partial charge in [0.25, 0.3) is 5.91 Å². The largest absolute Gasteiger partial charge is 0.358 e. The van der Waals surface area contributed by atoms with Gasteiger partial charge in [-0.15, -0.1) is 0 Å². The van der Waals surface area contributed by atoms with E-state index in [1.54, 1.807) is 6.21 Å². The van der Waals surface area contributed by atoms with E-state index >= 15 is 0 Å². The molecule has 2 N–H and O–H groups in total. The number of nitrogens with zero attached hydrogens (tertiary/aromatic N) is 1. The number of fused-ring (bicyclic) bond motifs is 3. The molecule has 4 nitrogen and oxygen atoms in total. The van der Waals surface area contributed by atoms with Gasteiger partial charge in [-0.3, -0.25) is 4.79 Å². The van der Waals surface area contributed by atoms with Crippen molar-refractivity contribution < 1.29 is 4.79 Å². The fraction of sp³-hybridized carbons (Fsp3) is 0.200. The normalized spacial score (nSPS) is 14.0. The summed E-state index contributed by atoms with van der Waals surface area (Å²) in [7, 11) is 0. The minimum Gasteiger partial charge on any atom is -0.358 e. The molecule has 0 fully saturated rings. The molecule has 0 bridgehead atoms. The lowest BCUT2D eigenvalue weighted by molar-refractivity contribution is 0.0956. The van der Waals surface area contributed by atoms with Crippen molar-refractivity contribution in [2.24, 2.45) is 5.10 Å². The number of benzene rings is 2. The predicted molar refractivity (Wildman–Crippen MR) is 96.4 cm³/mol. The predicted octanol–water partition coefficient (Wildman–Crippen LogP) is 3.81. The molecular weight excluding hydrogens is 298 g/mol. The van der Waals surface area contributed by atoms with E-state index in [1.807, 2.05) is 42.5 Å². The molecule has 24 heavy (non-hydrogen) atoms. The Labute approximate surface area is 140 Å². The van der Waals surface area contributed by atoms with E-state index < -0.39 is 0 Å². The van der Waals surface area contributed by atoms with Crippen LogP contribution in [0.3, 0.4) is 0 Å². The van der Waals surface area contributed by atoms with Crippen molar-refractivity contribution in [3.05, 3.63) is 70.9 Å². The summed E-state index contributed by atoms with van der Waals surface area (Å²) >= 11 is 0. The Kier molecular flexibility index (Phi) is 3.87. The number of hydrazone groups is 1. The highest BCUT2D eigenvalue weighted by atomic mass is 16.2. The average Bonchev–Trinajstić information content (AvgIpc) is 3.01. The summed E-state index contributed by atoms with van der Waals surface area (Å²) in [5.41, 5.74) is 7.81. The van der Waals surface area contributed by atoms with E-state index in [-0.39, 0.29) is 5.91 Å². The van der Waals surface area contributed by atoms with Crippen LogP contribution in [0.25, 0.3) is 10.9 Å². The minimum atomic E-state index is -0.189. The van der Waals surface area contributed by atoms with Crippen LogP contribution in [-0.4, -0.2) is 17.1 Å². The summed E-state index contributed by atoms with van der Waals surface area (Å²) < 4.78 is 0. The van der Waals surface area contributed by atoms with Crippen LogP contribution in [-0.2, 0) is 12.8 Å². The highest BCUT2D eigenvalue weighted by Crippen LogP contribution is 2.30. The maximum absolute atomic E-state index is 12.5. The number of aryl methyl sites for hydroxylation is 2. The SMILES string of the molecule is O=C(NN=Cc1ccccc1)c1cccc2c3c([nH]c12)CCCC3. The number of para-hydroxylation sites is 1. The molecule has 2 aromatic carbocycles. The van der Waals surface area contributed by atoms with Crippen LogP contribution in [0.1, 0.15) is 40.0 Å². The Hall–Kier alpha value is -2.88. The topological polar surface area (TPSA) is 57.2 Å². The number of H-pyrrole nitrogens is 1. The van der Waals surface area contributed by atoms with E-state index in [4.69, 9.17) is 0 Å². The number of rotatable bonds is 3. The molecule has 0 spiro atoms. The Balaban J connectivity index is 1.60. The third-order valence-corrected chi connectivity index (χ3v) is 4.56. The van der Waals surface area contributed by atoms with Gasteiger partial charge in [-0.05, 0) is 42.9 Å². The molecule has 0 radical (unpaired) electrons. The summed E-state index contributed by atoms with van der Waals surface area (Å²) in [5, 5.41) is 5.24. The molecule has 4 rings (SSSR count). The number of carbonyl (C=O) groups excluding carboxylic acids is 1. The lowest BCUT2D eigenvalue weighted by Gasteiger charge is -2.10. The van der Waals surface area contributed by atoms with Crippen LogP contribution < -0.4 is 5.43 Å². The molecule has 1 amide bonds. The second kappa shape index (κ2) is 6.32. The van der Waals surface area contributed by atoms with Crippen LogP contribution in [0, 0.1) is 0 Å². The van der Waals surface area contributed by atoms with E-state index in [1.165, 1.54) is 29.5 Å². The zero-order chi connectivity index (χ0) is 16.4. The average molecular weight is 317 g/mol. The van der Waals surface area contributed by atoms with Gasteiger partial charge >= 0.3 is 0 Å². The van der Waals surface area contributed by atoms with Crippen LogP contribution >= 0.6 is 0 Å². The van der Waals surface area contributed by atoms with Crippen LogP contribution in [0.2, 0.25) is 0 Å². The van der Waals surface area contributed by atoms with Gasteiger partial charge in [0, 0.05) is 11.1 Å². The van der Waals surface area contributed by atoms with Crippen LogP contribution in [0.5, 0.6) is 0 Å². The summed E-state index contributed by atoms with van der Waals surface area (Å²) in [6.45, 7) is 0. The van der Waals surface area contributed by atoms with Crippen LogP contribution in [0.15, 0.2) is 53.6 Å². The van der Waals surface area contributed by atoms with Crippen molar-refractivity contribution in [2.75, 3.05) is 0 Å². The Morgan fingerprint density at radius 2 is 1.88 bits per heavy atom. The highest BCUT2D eigenvalue weighted by molar-refractivity contribution is 6.07. The monoisotopic (exact) mass is 317 g/mol. The van der Waals surface area contributed by atoms with Crippen molar-refractivity contribution in [1.29, 1.82) is 0 Å². The lowest BCUT2D eigenvalue weighted by atomic mass is 9.95. The maximum Gasteiger partial charge on any atom is 0.273 e. The van der Waals surface area contributed by atoms with Gasteiger partial charge in [0.05, 0.1) is 17.3 Å². The molecule has 0 saturated carbocycles. The van der Waals surface area contributed by atoms with Gasteiger partial charge in [-0.1, -0.05) is 42.5 Å². The third-order valence-electron chi connectivity index (χ3n) is 4.56. The maximum atomic E-state index is 12.5. The van der Waals surface area contributed by atoms with E-state index in [0.717, 1.165) is 23.9 Å². The van der Waals surface area contributed by atoms with Crippen molar-refractivity contribution in [3.8, 4) is 0 Å². The van der Waals surface area contributed by atoms with E-state index in [2.05, 4.69) is 21.6 Å². The van der Waals surface area contributed by atoms with Gasteiger partial charge in [0.2, 0.25) is 0 Å². The smallest absolute Gasteiger partial charge is 0.273 e. The van der Waals surface area contributed by atoms with Crippen molar-refractivity contribution in [2.45, 2.75) is 25.7 Å². The number of amides is 1. The fourth-order valence-corrected chi connectivity index (χ4v) is 3.38. The molecular formula is C20H19N3O. The third kappa shape index (κ3) is 2.71. The molecule has 1 heterocycles. The number of aromatic nitrogens is 1. The molecule has 0 saturated heterocycles. The van der Waals surface area contributed by atoms with Gasteiger partial charge < -0.3 is 4.98 Å². The summed E-state index contributed by atoms with van der Waals surface area (Å²) in [6, 6.07) is 15.6. The van der Waals surface area contributed by atoms with Crippen molar-refractivity contribution in [1.82, 2.24) is 10.4 Å². The first-order valence-corrected chi connectivity index (χ1v) is 8.34. The molecule has 0 atom stereocenters. The van der Waals surface area contributed by atoms with E-state index in [9.17, 15) is 4.79 Å². The lowest BCUT2D eigenvalue weighted by Crippen LogP contribution is -2.18. The highest BCUT2D eigenvalue weighted by Gasteiger charge is 2.18. The second-order valence-electron chi connectivity index (χ2n) is 6.13. The quantitative estimate of drug-likeness (QED) is 0.560. The molecule has 1 aromatic heterocycles. The summed E-state index contributed by atoms with van der Waals surface area (Å²) in [4.78, 5) is 16.0. The number of nitrogens with one attached hydrogen (secondary N) is 2. The molecule has 1 aliphatic carbocycles. The molecule has 1 aliphatic rings. The summed E-state index contributed by atoms with van der Waals surface area (Å²) in [5.74, 6) is -0.189. The van der Waals surface area contributed by atoms with Crippen molar-refractivity contribution in [3.63, 3.8) is 0 Å². The zero-order valence-corrected chi connectivity index (χ0v) is 13.4. The Morgan fingerprint density at radius 3 is 2.75 bits per heavy atom. The Morgan fingerprint density at radius 1 is 1.04 bits per heavy atom. The van der Waals surface area contributed by atoms with Crippen molar-refractivity contribution >= 4 is 23.0 Å². The van der Waals surface area contributed by atoms with Gasteiger partial charge in [-0.2, -0.15) is 5.10 Å². The molecule has 120 valence electrons. The Bertz CT molecular complexity index is 909. The van der Waals surface area contributed by atoms with Crippen LogP contribution in [0.4, 0.5) is 0 Å². The first-order chi connectivity index (χ1) is 11.8. The molecule has 0 unspecified atom stereocenters. The fourth-order valence-electron chi connectivity index (χ4n) is 3.38. The first-order valence-electron chi connectivity index (χ1n) is 8.34.